The minimum absolute atomic E-state index is 0.639. The quantitative estimate of drug-likeness (QED) is 0.812. The third kappa shape index (κ3) is 2.67. The van der Waals surface area contributed by atoms with E-state index in [0.29, 0.717) is 6.54 Å². The van der Waals surface area contributed by atoms with Crippen molar-refractivity contribution < 1.29 is 0 Å². The van der Waals surface area contributed by atoms with Crippen LogP contribution in [-0.2, 0) is 19.4 Å². The lowest BCUT2D eigenvalue weighted by Gasteiger charge is -2.06. The average Bonchev–Trinajstić information content (AvgIpc) is 2.76. The molecule has 0 aliphatic carbocycles. The van der Waals surface area contributed by atoms with Gasteiger partial charge in [0, 0.05) is 43.7 Å². The predicted molar refractivity (Wildman–Crippen MR) is 62.9 cm³/mol. The van der Waals surface area contributed by atoms with E-state index in [1.807, 2.05) is 36.8 Å². The third-order valence-electron chi connectivity index (χ3n) is 2.50. The van der Waals surface area contributed by atoms with Crippen LogP contribution in [0, 0.1) is 0 Å². The molecule has 0 radical (unpaired) electrons. The molecule has 4 heteroatoms. The van der Waals surface area contributed by atoms with Gasteiger partial charge >= 0.3 is 0 Å². The summed E-state index contributed by atoms with van der Waals surface area (Å²) in [4.78, 5) is 8.58. The second kappa shape index (κ2) is 5.42. The van der Waals surface area contributed by atoms with Crippen molar-refractivity contribution in [2.24, 2.45) is 5.73 Å². The molecule has 0 aliphatic rings. The number of nitrogens with zero attached hydrogens (tertiary/aromatic N) is 3. The van der Waals surface area contributed by atoms with Gasteiger partial charge in [0.2, 0.25) is 0 Å². The van der Waals surface area contributed by atoms with Crippen molar-refractivity contribution in [3.63, 3.8) is 0 Å². The molecule has 0 saturated carbocycles. The second-order valence-electron chi connectivity index (χ2n) is 3.65. The molecule has 0 amide bonds. The number of hydrogen-bond donors (Lipinski definition) is 1. The van der Waals surface area contributed by atoms with Crippen LogP contribution in [0.1, 0.15) is 11.5 Å². The first kappa shape index (κ1) is 10.8. The van der Waals surface area contributed by atoms with E-state index in [0.717, 1.165) is 30.9 Å². The second-order valence-corrected chi connectivity index (χ2v) is 3.65. The lowest BCUT2D eigenvalue weighted by molar-refractivity contribution is 0.641. The molecule has 0 unspecified atom stereocenters. The van der Waals surface area contributed by atoms with E-state index >= 15 is 0 Å². The van der Waals surface area contributed by atoms with E-state index in [1.165, 1.54) is 0 Å². The van der Waals surface area contributed by atoms with E-state index in [-0.39, 0.29) is 0 Å². The van der Waals surface area contributed by atoms with E-state index in [4.69, 9.17) is 5.73 Å². The van der Waals surface area contributed by atoms with Crippen LogP contribution in [0.5, 0.6) is 0 Å². The van der Waals surface area contributed by atoms with Crippen LogP contribution in [0.15, 0.2) is 36.8 Å². The van der Waals surface area contributed by atoms with Gasteiger partial charge in [-0.3, -0.25) is 4.98 Å². The van der Waals surface area contributed by atoms with Gasteiger partial charge in [0.15, 0.2) is 0 Å². The van der Waals surface area contributed by atoms with E-state index in [2.05, 4.69) is 14.5 Å². The zero-order valence-electron chi connectivity index (χ0n) is 9.21. The van der Waals surface area contributed by atoms with Crippen molar-refractivity contribution in [3.05, 3.63) is 48.3 Å². The highest BCUT2D eigenvalue weighted by atomic mass is 15.1. The summed E-state index contributed by atoms with van der Waals surface area (Å²) < 4.78 is 2.14. The highest BCUT2D eigenvalue weighted by molar-refractivity contribution is 5.04. The van der Waals surface area contributed by atoms with Crippen molar-refractivity contribution >= 4 is 0 Å². The Morgan fingerprint density at radius 1 is 1.12 bits per heavy atom. The standard InChI is InChI=1S/C12H16N4/c13-6-4-12-15-8-10-16(12)9-5-11-3-1-2-7-14-11/h1-3,7-8,10H,4-6,9,13H2. The van der Waals surface area contributed by atoms with Crippen molar-refractivity contribution in [3.8, 4) is 0 Å². The molecule has 0 aliphatic heterocycles. The summed E-state index contributed by atoms with van der Waals surface area (Å²) in [5, 5.41) is 0. The van der Waals surface area contributed by atoms with Gasteiger partial charge in [0.1, 0.15) is 5.82 Å². The van der Waals surface area contributed by atoms with Gasteiger partial charge in [-0.2, -0.15) is 0 Å². The summed E-state index contributed by atoms with van der Waals surface area (Å²) in [7, 11) is 0. The molecule has 0 saturated heterocycles. The Morgan fingerprint density at radius 3 is 2.81 bits per heavy atom. The number of pyridine rings is 1. The Morgan fingerprint density at radius 2 is 2.06 bits per heavy atom. The molecule has 0 aromatic carbocycles. The maximum atomic E-state index is 5.53. The molecule has 2 aromatic rings. The molecule has 84 valence electrons. The zero-order valence-corrected chi connectivity index (χ0v) is 9.21. The summed E-state index contributed by atoms with van der Waals surface area (Å²) in [6.45, 7) is 1.55. The molecular weight excluding hydrogens is 200 g/mol. The number of hydrogen-bond acceptors (Lipinski definition) is 3. The van der Waals surface area contributed by atoms with Gasteiger partial charge in [-0.25, -0.2) is 4.98 Å². The Labute approximate surface area is 95.1 Å². The van der Waals surface area contributed by atoms with Crippen LogP contribution in [0.3, 0.4) is 0 Å². The van der Waals surface area contributed by atoms with Crippen molar-refractivity contribution in [1.82, 2.24) is 14.5 Å². The molecule has 0 bridgehead atoms. The fourth-order valence-electron chi connectivity index (χ4n) is 1.68. The Kier molecular flexibility index (Phi) is 3.66. The first-order valence-electron chi connectivity index (χ1n) is 5.50. The van der Waals surface area contributed by atoms with E-state index < -0.39 is 0 Å². The lowest BCUT2D eigenvalue weighted by Crippen LogP contribution is -2.11. The van der Waals surface area contributed by atoms with Crippen molar-refractivity contribution in [1.29, 1.82) is 0 Å². The summed E-state index contributed by atoms with van der Waals surface area (Å²) in [6.07, 6.45) is 7.39. The topological polar surface area (TPSA) is 56.7 Å². The number of nitrogens with two attached hydrogens (primary N) is 1. The van der Waals surface area contributed by atoms with Gasteiger partial charge in [-0.05, 0) is 18.7 Å². The molecule has 2 N–H and O–H groups in total. The smallest absolute Gasteiger partial charge is 0.109 e. The fraction of sp³-hybridized carbons (Fsp3) is 0.333. The van der Waals surface area contributed by atoms with E-state index in [9.17, 15) is 0 Å². The van der Waals surface area contributed by atoms with Gasteiger partial charge in [0.25, 0.3) is 0 Å². The molecule has 4 nitrogen and oxygen atoms in total. The summed E-state index contributed by atoms with van der Waals surface area (Å²) in [5.74, 6) is 1.05. The first-order valence-corrected chi connectivity index (χ1v) is 5.50. The highest BCUT2D eigenvalue weighted by Crippen LogP contribution is 2.02. The summed E-state index contributed by atoms with van der Waals surface area (Å²) >= 11 is 0. The van der Waals surface area contributed by atoms with Crippen LogP contribution in [-0.4, -0.2) is 21.1 Å². The van der Waals surface area contributed by atoms with E-state index in [1.54, 1.807) is 0 Å². The average molecular weight is 216 g/mol. The maximum absolute atomic E-state index is 5.53. The van der Waals surface area contributed by atoms with Crippen molar-refractivity contribution in [2.75, 3.05) is 6.54 Å². The summed E-state index contributed by atoms with van der Waals surface area (Å²) in [5.41, 5.74) is 6.64. The number of rotatable bonds is 5. The maximum Gasteiger partial charge on any atom is 0.109 e. The molecule has 2 aromatic heterocycles. The van der Waals surface area contributed by atoms with Gasteiger partial charge in [0.05, 0.1) is 0 Å². The summed E-state index contributed by atoms with van der Waals surface area (Å²) in [6, 6.07) is 5.98. The third-order valence-corrected chi connectivity index (χ3v) is 2.50. The minimum atomic E-state index is 0.639. The normalized spacial score (nSPS) is 10.6. The minimum Gasteiger partial charge on any atom is -0.335 e. The first-order chi connectivity index (χ1) is 7.90. The fourth-order valence-corrected chi connectivity index (χ4v) is 1.68. The van der Waals surface area contributed by atoms with Crippen LogP contribution >= 0.6 is 0 Å². The zero-order chi connectivity index (χ0) is 11.2. The molecule has 2 heterocycles. The highest BCUT2D eigenvalue weighted by Gasteiger charge is 2.01. The Balaban J connectivity index is 1.97. The lowest BCUT2D eigenvalue weighted by atomic mass is 10.2. The molecule has 0 atom stereocenters. The molecule has 16 heavy (non-hydrogen) atoms. The van der Waals surface area contributed by atoms with Gasteiger partial charge < -0.3 is 10.3 Å². The largest absolute Gasteiger partial charge is 0.335 e. The monoisotopic (exact) mass is 216 g/mol. The number of aryl methyl sites for hydroxylation is 2. The van der Waals surface area contributed by atoms with Crippen molar-refractivity contribution in [2.45, 2.75) is 19.4 Å². The SMILES string of the molecule is NCCc1nccn1CCc1ccccn1. The van der Waals surface area contributed by atoms with Crippen LogP contribution in [0.2, 0.25) is 0 Å². The van der Waals surface area contributed by atoms with Crippen LogP contribution in [0.25, 0.3) is 0 Å². The van der Waals surface area contributed by atoms with Crippen LogP contribution in [0.4, 0.5) is 0 Å². The number of aromatic nitrogens is 3. The van der Waals surface area contributed by atoms with Gasteiger partial charge in [-0.1, -0.05) is 6.07 Å². The number of imidazole rings is 1. The molecule has 0 spiro atoms. The molecule has 0 fully saturated rings. The van der Waals surface area contributed by atoms with Gasteiger partial charge in [-0.15, -0.1) is 0 Å². The molecule has 2 rings (SSSR count). The Hall–Kier alpha value is -1.68. The molecular formula is C12H16N4. The Bertz CT molecular complexity index is 422. The van der Waals surface area contributed by atoms with Crippen LogP contribution < -0.4 is 5.73 Å². The predicted octanol–water partition coefficient (Wildman–Crippen LogP) is 1.02.